The highest BCUT2D eigenvalue weighted by Crippen LogP contribution is 2.34. The van der Waals surface area contributed by atoms with E-state index in [1.807, 2.05) is 12.3 Å². The Morgan fingerprint density at radius 3 is 2.59 bits per heavy atom. The number of anilines is 2. The van der Waals surface area contributed by atoms with Crippen molar-refractivity contribution >= 4 is 11.8 Å². The number of rotatable bonds is 7. The summed E-state index contributed by atoms with van der Waals surface area (Å²) in [6.45, 7) is 7.11. The maximum absolute atomic E-state index is 5.47. The number of benzene rings is 1. The number of hydrogen-bond acceptors (Lipinski definition) is 8. The van der Waals surface area contributed by atoms with Crippen LogP contribution in [0, 0.1) is 0 Å². The van der Waals surface area contributed by atoms with Crippen LogP contribution in [-0.4, -0.2) is 75.0 Å². The molecular weight excluding hydrogens is 370 g/mol. The molecule has 1 N–H and O–H groups in total. The number of fused-ring (bicyclic) bond motifs is 1. The lowest BCUT2D eigenvalue weighted by Gasteiger charge is -2.30. The molecule has 1 aromatic heterocycles. The second kappa shape index (κ2) is 9.28. The Morgan fingerprint density at radius 2 is 1.83 bits per heavy atom. The predicted molar refractivity (Wildman–Crippen MR) is 112 cm³/mol. The van der Waals surface area contributed by atoms with E-state index in [9.17, 15) is 0 Å². The number of hydrogen-bond donors (Lipinski definition) is 1. The third kappa shape index (κ3) is 4.71. The van der Waals surface area contributed by atoms with Gasteiger partial charge in [0.15, 0.2) is 11.5 Å². The lowest BCUT2D eigenvalue weighted by atomic mass is 9.99. The van der Waals surface area contributed by atoms with Crippen molar-refractivity contribution in [3.63, 3.8) is 0 Å². The molecule has 156 valence electrons. The van der Waals surface area contributed by atoms with Gasteiger partial charge in [0.1, 0.15) is 5.82 Å². The molecule has 2 aliphatic heterocycles. The number of ether oxygens (including phenoxy) is 3. The lowest BCUT2D eigenvalue weighted by Crippen LogP contribution is -2.39. The minimum absolute atomic E-state index is 0.675. The van der Waals surface area contributed by atoms with Crippen molar-refractivity contribution in [1.82, 2.24) is 14.9 Å². The zero-order valence-corrected chi connectivity index (χ0v) is 17.2. The van der Waals surface area contributed by atoms with E-state index in [1.165, 1.54) is 11.1 Å². The minimum Gasteiger partial charge on any atom is -0.493 e. The van der Waals surface area contributed by atoms with Crippen molar-refractivity contribution < 1.29 is 14.2 Å². The molecule has 1 saturated heterocycles. The first-order chi connectivity index (χ1) is 14.3. The van der Waals surface area contributed by atoms with Crippen LogP contribution in [0.1, 0.15) is 11.1 Å². The molecule has 29 heavy (non-hydrogen) atoms. The van der Waals surface area contributed by atoms with Gasteiger partial charge in [-0.05, 0) is 35.7 Å². The zero-order valence-electron chi connectivity index (χ0n) is 17.2. The topological polar surface area (TPSA) is 72.0 Å². The molecule has 0 saturated carbocycles. The molecule has 0 unspecified atom stereocenters. The monoisotopic (exact) mass is 399 g/mol. The summed E-state index contributed by atoms with van der Waals surface area (Å²) in [5, 5.41) is 3.36. The van der Waals surface area contributed by atoms with Crippen LogP contribution in [0.2, 0.25) is 0 Å². The van der Waals surface area contributed by atoms with Crippen molar-refractivity contribution in [2.24, 2.45) is 0 Å². The highest BCUT2D eigenvalue weighted by Gasteiger charge is 2.21. The highest BCUT2D eigenvalue weighted by atomic mass is 16.5. The maximum Gasteiger partial charge on any atom is 0.224 e. The van der Waals surface area contributed by atoms with Crippen LogP contribution >= 0.6 is 0 Å². The molecular formula is C21H29N5O3. The molecule has 0 aliphatic carbocycles. The predicted octanol–water partition coefficient (Wildman–Crippen LogP) is 1.80. The van der Waals surface area contributed by atoms with Crippen molar-refractivity contribution in [2.75, 3.05) is 70.4 Å². The largest absolute Gasteiger partial charge is 0.493 e. The van der Waals surface area contributed by atoms with Crippen LogP contribution in [-0.2, 0) is 17.7 Å². The van der Waals surface area contributed by atoms with Gasteiger partial charge in [-0.25, -0.2) is 4.98 Å². The summed E-state index contributed by atoms with van der Waals surface area (Å²) < 4.78 is 16.3. The molecule has 8 heteroatoms. The minimum atomic E-state index is 0.675. The van der Waals surface area contributed by atoms with E-state index >= 15 is 0 Å². The van der Waals surface area contributed by atoms with E-state index in [-0.39, 0.29) is 0 Å². The van der Waals surface area contributed by atoms with Gasteiger partial charge in [-0.15, -0.1) is 0 Å². The number of nitrogens with one attached hydrogen (secondary N) is 1. The number of methoxy groups -OCH3 is 2. The molecule has 0 atom stereocenters. The van der Waals surface area contributed by atoms with E-state index in [2.05, 4.69) is 32.2 Å². The van der Waals surface area contributed by atoms with Crippen LogP contribution in [0.3, 0.4) is 0 Å². The van der Waals surface area contributed by atoms with Gasteiger partial charge < -0.3 is 24.4 Å². The van der Waals surface area contributed by atoms with Crippen LogP contribution in [0.5, 0.6) is 11.5 Å². The first kappa shape index (κ1) is 19.7. The third-order valence-corrected chi connectivity index (χ3v) is 5.50. The molecule has 0 spiro atoms. The molecule has 0 bridgehead atoms. The Kier molecular flexibility index (Phi) is 6.31. The van der Waals surface area contributed by atoms with Gasteiger partial charge in [-0.2, -0.15) is 4.98 Å². The van der Waals surface area contributed by atoms with Gasteiger partial charge in [-0.3, -0.25) is 4.90 Å². The normalized spacial score (nSPS) is 17.0. The summed E-state index contributed by atoms with van der Waals surface area (Å²) in [7, 11) is 3.35. The van der Waals surface area contributed by atoms with E-state index in [4.69, 9.17) is 19.2 Å². The fourth-order valence-electron chi connectivity index (χ4n) is 3.84. The average molecular weight is 399 g/mol. The molecule has 2 aliphatic rings. The van der Waals surface area contributed by atoms with Gasteiger partial charge in [0, 0.05) is 45.5 Å². The summed E-state index contributed by atoms with van der Waals surface area (Å²) in [6, 6.07) is 6.13. The standard InChI is InChI=1S/C21H29N5O3/c1-27-18-13-16-4-7-26(15-17(16)14-19(18)28-2)20-3-5-22-21(24-20)23-6-8-25-9-11-29-12-10-25/h3,5,13-14H,4,6-12,15H2,1-2H3,(H,22,23,24). The van der Waals surface area contributed by atoms with Gasteiger partial charge in [-0.1, -0.05) is 0 Å². The van der Waals surface area contributed by atoms with Gasteiger partial charge in [0.25, 0.3) is 0 Å². The summed E-state index contributed by atoms with van der Waals surface area (Å²) in [6.07, 6.45) is 2.77. The average Bonchev–Trinajstić information content (AvgIpc) is 2.78. The van der Waals surface area contributed by atoms with Crippen LogP contribution in [0.4, 0.5) is 11.8 Å². The third-order valence-electron chi connectivity index (χ3n) is 5.50. The Bertz CT molecular complexity index is 826. The second-order valence-corrected chi connectivity index (χ2v) is 7.27. The fraction of sp³-hybridized carbons (Fsp3) is 0.524. The summed E-state index contributed by atoms with van der Waals surface area (Å²) in [4.78, 5) is 13.8. The van der Waals surface area contributed by atoms with Crippen molar-refractivity contribution in [3.8, 4) is 11.5 Å². The Balaban J connectivity index is 1.39. The van der Waals surface area contributed by atoms with Crippen molar-refractivity contribution in [2.45, 2.75) is 13.0 Å². The quantitative estimate of drug-likeness (QED) is 0.756. The number of aromatic nitrogens is 2. The van der Waals surface area contributed by atoms with Crippen molar-refractivity contribution in [1.29, 1.82) is 0 Å². The fourth-order valence-corrected chi connectivity index (χ4v) is 3.84. The SMILES string of the molecule is COc1cc2c(cc1OC)CN(c1ccnc(NCCN3CCOCC3)n1)CC2. The number of nitrogens with zero attached hydrogens (tertiary/aromatic N) is 4. The van der Waals surface area contributed by atoms with Gasteiger partial charge >= 0.3 is 0 Å². The second-order valence-electron chi connectivity index (χ2n) is 7.27. The smallest absolute Gasteiger partial charge is 0.224 e. The Hall–Kier alpha value is -2.58. The molecule has 0 radical (unpaired) electrons. The lowest BCUT2D eigenvalue weighted by molar-refractivity contribution is 0.0398. The van der Waals surface area contributed by atoms with E-state index in [0.717, 1.165) is 76.2 Å². The first-order valence-corrected chi connectivity index (χ1v) is 10.1. The van der Waals surface area contributed by atoms with Crippen LogP contribution in [0.25, 0.3) is 0 Å². The highest BCUT2D eigenvalue weighted by molar-refractivity contribution is 5.52. The summed E-state index contributed by atoms with van der Waals surface area (Å²) >= 11 is 0. The first-order valence-electron chi connectivity index (χ1n) is 10.1. The molecule has 8 nitrogen and oxygen atoms in total. The summed E-state index contributed by atoms with van der Waals surface area (Å²) in [5.74, 6) is 3.16. The maximum atomic E-state index is 5.47. The summed E-state index contributed by atoms with van der Waals surface area (Å²) in [5.41, 5.74) is 2.55. The zero-order chi connectivity index (χ0) is 20.1. The van der Waals surface area contributed by atoms with E-state index < -0.39 is 0 Å². The Morgan fingerprint density at radius 1 is 1.07 bits per heavy atom. The van der Waals surface area contributed by atoms with Crippen LogP contribution in [0.15, 0.2) is 24.4 Å². The molecule has 1 aromatic carbocycles. The van der Waals surface area contributed by atoms with E-state index in [1.54, 1.807) is 14.2 Å². The van der Waals surface area contributed by atoms with Gasteiger partial charge in [0.05, 0.1) is 27.4 Å². The van der Waals surface area contributed by atoms with Crippen molar-refractivity contribution in [3.05, 3.63) is 35.5 Å². The number of morpholine rings is 1. The van der Waals surface area contributed by atoms with Crippen LogP contribution < -0.4 is 19.7 Å². The van der Waals surface area contributed by atoms with E-state index in [0.29, 0.717) is 5.95 Å². The molecule has 0 amide bonds. The molecule has 1 fully saturated rings. The molecule has 2 aromatic rings. The van der Waals surface area contributed by atoms with Gasteiger partial charge in [0.2, 0.25) is 5.95 Å². The Labute approximate surface area is 171 Å². The molecule has 3 heterocycles. The molecule has 4 rings (SSSR count).